The van der Waals surface area contributed by atoms with Crippen molar-refractivity contribution in [1.82, 2.24) is 10.3 Å². The van der Waals surface area contributed by atoms with Crippen LogP contribution < -0.4 is 10.2 Å². The van der Waals surface area contributed by atoms with Gasteiger partial charge in [-0.25, -0.2) is 0 Å². The molecule has 0 radical (unpaired) electrons. The van der Waals surface area contributed by atoms with E-state index in [1.54, 1.807) is 0 Å². The second-order valence-corrected chi connectivity index (χ2v) is 4.33. The first-order chi connectivity index (χ1) is 7.90. The molecule has 3 heteroatoms. The van der Waals surface area contributed by atoms with Crippen LogP contribution >= 0.6 is 0 Å². The summed E-state index contributed by atoms with van der Waals surface area (Å²) in [6.07, 6.45) is 5.96. The van der Waals surface area contributed by atoms with Crippen LogP contribution in [0.5, 0.6) is 0 Å². The summed E-state index contributed by atoms with van der Waals surface area (Å²) >= 11 is 0. The molecule has 2 heterocycles. The predicted octanol–water partition coefficient (Wildman–Crippen LogP) is 2.18. The molecule has 0 bridgehead atoms. The standard InChI is InChI=1S/C13H21N3/c1-2-14-11-12-10-13(6-7-15-12)16-8-4-3-5-9-16/h6-7,10,14H,2-5,8-9,11H2,1H3. The van der Waals surface area contributed by atoms with Crippen molar-refractivity contribution in [2.75, 3.05) is 24.5 Å². The van der Waals surface area contributed by atoms with Gasteiger partial charge in [0.2, 0.25) is 0 Å². The highest BCUT2D eigenvalue weighted by Gasteiger charge is 2.11. The van der Waals surface area contributed by atoms with Crippen LogP contribution in [-0.2, 0) is 6.54 Å². The maximum atomic E-state index is 4.38. The number of aromatic nitrogens is 1. The number of hydrogen-bond donors (Lipinski definition) is 1. The van der Waals surface area contributed by atoms with E-state index >= 15 is 0 Å². The van der Waals surface area contributed by atoms with E-state index in [9.17, 15) is 0 Å². The summed E-state index contributed by atoms with van der Waals surface area (Å²) in [4.78, 5) is 6.86. The monoisotopic (exact) mass is 219 g/mol. The van der Waals surface area contributed by atoms with Crippen LogP contribution in [0.1, 0.15) is 31.9 Å². The highest BCUT2D eigenvalue weighted by atomic mass is 15.1. The molecule has 1 saturated heterocycles. The zero-order valence-electron chi connectivity index (χ0n) is 10.1. The Morgan fingerprint density at radius 1 is 1.31 bits per heavy atom. The van der Waals surface area contributed by atoms with Crippen molar-refractivity contribution in [1.29, 1.82) is 0 Å². The van der Waals surface area contributed by atoms with Gasteiger partial charge in [-0.15, -0.1) is 0 Å². The van der Waals surface area contributed by atoms with E-state index in [1.807, 2.05) is 6.20 Å². The molecular formula is C13H21N3. The van der Waals surface area contributed by atoms with Crippen molar-refractivity contribution in [3.05, 3.63) is 24.0 Å². The molecule has 0 aromatic carbocycles. The van der Waals surface area contributed by atoms with Crippen molar-refractivity contribution in [2.24, 2.45) is 0 Å². The topological polar surface area (TPSA) is 28.2 Å². The van der Waals surface area contributed by atoms with Crippen LogP contribution in [0.4, 0.5) is 5.69 Å². The Hall–Kier alpha value is -1.09. The number of nitrogens with one attached hydrogen (secondary N) is 1. The van der Waals surface area contributed by atoms with Gasteiger partial charge < -0.3 is 10.2 Å². The third-order valence-corrected chi connectivity index (χ3v) is 3.08. The third-order valence-electron chi connectivity index (χ3n) is 3.08. The summed E-state index contributed by atoms with van der Waals surface area (Å²) in [5.41, 5.74) is 2.48. The Labute approximate surface area is 97.9 Å². The van der Waals surface area contributed by atoms with Crippen LogP contribution in [-0.4, -0.2) is 24.6 Å². The molecule has 1 aliphatic heterocycles. The number of piperidine rings is 1. The predicted molar refractivity (Wildman–Crippen MR) is 67.7 cm³/mol. The van der Waals surface area contributed by atoms with Gasteiger partial charge in [0.05, 0.1) is 5.69 Å². The molecule has 0 aliphatic carbocycles. The molecular weight excluding hydrogens is 198 g/mol. The Balaban J connectivity index is 2.02. The smallest absolute Gasteiger partial charge is 0.0562 e. The molecule has 1 aromatic heterocycles. The lowest BCUT2D eigenvalue weighted by Gasteiger charge is -2.28. The van der Waals surface area contributed by atoms with Crippen LogP contribution in [0, 0.1) is 0 Å². The molecule has 0 saturated carbocycles. The first kappa shape index (κ1) is 11.4. The van der Waals surface area contributed by atoms with Crippen LogP contribution in [0.15, 0.2) is 18.3 Å². The maximum Gasteiger partial charge on any atom is 0.0562 e. The van der Waals surface area contributed by atoms with E-state index in [0.717, 1.165) is 18.8 Å². The first-order valence-electron chi connectivity index (χ1n) is 6.30. The van der Waals surface area contributed by atoms with E-state index in [1.165, 1.54) is 38.0 Å². The molecule has 1 aromatic rings. The fourth-order valence-corrected chi connectivity index (χ4v) is 2.16. The van der Waals surface area contributed by atoms with Crippen LogP contribution in [0.25, 0.3) is 0 Å². The summed E-state index contributed by atoms with van der Waals surface area (Å²) in [5, 5.41) is 3.31. The Morgan fingerprint density at radius 2 is 2.12 bits per heavy atom. The Kier molecular flexibility index (Phi) is 4.17. The van der Waals surface area contributed by atoms with Crippen molar-refractivity contribution in [2.45, 2.75) is 32.7 Å². The average Bonchev–Trinajstić information content (AvgIpc) is 2.38. The first-order valence-corrected chi connectivity index (χ1v) is 6.30. The van der Waals surface area contributed by atoms with Crippen molar-refractivity contribution in [3.8, 4) is 0 Å². The molecule has 2 rings (SSSR count). The number of hydrogen-bond acceptors (Lipinski definition) is 3. The molecule has 0 amide bonds. The maximum absolute atomic E-state index is 4.38. The minimum Gasteiger partial charge on any atom is -0.371 e. The molecule has 0 unspecified atom stereocenters. The van der Waals surface area contributed by atoms with E-state index < -0.39 is 0 Å². The van der Waals surface area contributed by atoms with Crippen LogP contribution in [0.2, 0.25) is 0 Å². The van der Waals surface area contributed by atoms with E-state index in [4.69, 9.17) is 0 Å². The lowest BCUT2D eigenvalue weighted by molar-refractivity contribution is 0.577. The fraction of sp³-hybridized carbons (Fsp3) is 0.615. The zero-order valence-corrected chi connectivity index (χ0v) is 10.1. The highest BCUT2D eigenvalue weighted by molar-refractivity contribution is 5.46. The van der Waals surface area contributed by atoms with Gasteiger partial charge in [0.1, 0.15) is 0 Å². The number of nitrogens with zero attached hydrogens (tertiary/aromatic N) is 2. The normalized spacial score (nSPS) is 16.4. The van der Waals surface area contributed by atoms with Crippen molar-refractivity contribution in [3.63, 3.8) is 0 Å². The van der Waals surface area contributed by atoms with Gasteiger partial charge in [-0.3, -0.25) is 4.98 Å². The Morgan fingerprint density at radius 3 is 2.88 bits per heavy atom. The minimum absolute atomic E-state index is 0.873. The summed E-state index contributed by atoms with van der Waals surface area (Å²) in [6.45, 7) is 6.39. The molecule has 1 aliphatic rings. The second-order valence-electron chi connectivity index (χ2n) is 4.33. The number of rotatable bonds is 4. The van der Waals surface area contributed by atoms with E-state index in [0.29, 0.717) is 0 Å². The lowest BCUT2D eigenvalue weighted by Crippen LogP contribution is -2.29. The molecule has 3 nitrogen and oxygen atoms in total. The van der Waals surface area contributed by atoms with Crippen molar-refractivity contribution < 1.29 is 0 Å². The molecule has 1 N–H and O–H groups in total. The van der Waals surface area contributed by atoms with Gasteiger partial charge >= 0.3 is 0 Å². The van der Waals surface area contributed by atoms with Gasteiger partial charge in [-0.05, 0) is 37.9 Å². The number of pyridine rings is 1. The van der Waals surface area contributed by atoms with E-state index in [-0.39, 0.29) is 0 Å². The van der Waals surface area contributed by atoms with Gasteiger partial charge in [0, 0.05) is 31.5 Å². The largest absolute Gasteiger partial charge is 0.371 e. The van der Waals surface area contributed by atoms with E-state index in [2.05, 4.69) is 34.3 Å². The zero-order chi connectivity index (χ0) is 11.2. The summed E-state index contributed by atoms with van der Waals surface area (Å²) in [5.74, 6) is 0. The quantitative estimate of drug-likeness (QED) is 0.841. The molecule has 0 spiro atoms. The molecule has 0 atom stereocenters. The SMILES string of the molecule is CCNCc1cc(N2CCCCC2)ccn1. The third kappa shape index (κ3) is 2.95. The molecule has 88 valence electrons. The minimum atomic E-state index is 0.873. The molecule has 1 fully saturated rings. The number of anilines is 1. The van der Waals surface area contributed by atoms with Crippen molar-refractivity contribution >= 4 is 5.69 Å². The van der Waals surface area contributed by atoms with Crippen LogP contribution in [0.3, 0.4) is 0 Å². The van der Waals surface area contributed by atoms with Gasteiger partial charge in [0.25, 0.3) is 0 Å². The lowest BCUT2D eigenvalue weighted by atomic mass is 10.1. The summed E-state index contributed by atoms with van der Waals surface area (Å²) < 4.78 is 0. The molecule has 16 heavy (non-hydrogen) atoms. The van der Waals surface area contributed by atoms with Gasteiger partial charge in [-0.2, -0.15) is 0 Å². The Bertz CT molecular complexity index is 319. The second kappa shape index (κ2) is 5.85. The fourth-order valence-electron chi connectivity index (χ4n) is 2.16. The highest BCUT2D eigenvalue weighted by Crippen LogP contribution is 2.19. The van der Waals surface area contributed by atoms with Gasteiger partial charge in [-0.1, -0.05) is 6.92 Å². The van der Waals surface area contributed by atoms with Gasteiger partial charge in [0.15, 0.2) is 0 Å². The summed E-state index contributed by atoms with van der Waals surface area (Å²) in [6, 6.07) is 4.34. The average molecular weight is 219 g/mol. The summed E-state index contributed by atoms with van der Waals surface area (Å²) in [7, 11) is 0.